The van der Waals surface area contributed by atoms with E-state index < -0.39 is 5.92 Å². The quantitative estimate of drug-likeness (QED) is 0.585. The molecule has 0 aromatic rings. The molecule has 1 N–H and O–H groups in total. The molecule has 2 saturated carbocycles. The predicted octanol–water partition coefficient (Wildman–Crippen LogP) is 1.50. The van der Waals surface area contributed by atoms with E-state index in [0.717, 1.165) is 25.9 Å². The first-order chi connectivity index (χ1) is 5.69. The van der Waals surface area contributed by atoms with Crippen molar-refractivity contribution in [3.8, 4) is 0 Å². The fourth-order valence-corrected chi connectivity index (χ4v) is 3.09. The van der Waals surface area contributed by atoms with Crippen molar-refractivity contribution >= 4 is 0 Å². The Bertz CT molecular complexity index is 193. The number of hydrogen-bond acceptors (Lipinski definition) is 1. The summed E-state index contributed by atoms with van der Waals surface area (Å²) in [5, 5.41) is 3.29. The lowest BCUT2D eigenvalue weighted by molar-refractivity contribution is 0.0838. The molecule has 3 aliphatic rings. The van der Waals surface area contributed by atoms with Gasteiger partial charge in [-0.1, -0.05) is 0 Å². The lowest BCUT2D eigenvalue weighted by atomic mass is 9.82. The summed E-state index contributed by atoms with van der Waals surface area (Å²) in [6.07, 6.45) is 1.55. The molecule has 3 rings (SSSR count). The van der Waals surface area contributed by atoms with Gasteiger partial charge in [0.05, 0.1) is 0 Å². The highest BCUT2D eigenvalue weighted by atomic mass is 19.3. The molecule has 68 valence electrons. The van der Waals surface area contributed by atoms with Crippen LogP contribution in [-0.4, -0.2) is 19.0 Å². The van der Waals surface area contributed by atoms with E-state index in [1.165, 1.54) is 0 Å². The molecular formula is C9H13F2N. The molecule has 1 aliphatic heterocycles. The predicted molar refractivity (Wildman–Crippen MR) is 41.0 cm³/mol. The maximum Gasteiger partial charge on any atom is 0.254 e. The number of alkyl halides is 2. The van der Waals surface area contributed by atoms with E-state index in [0.29, 0.717) is 11.8 Å². The Morgan fingerprint density at radius 1 is 1.00 bits per heavy atom. The second-order valence-electron chi connectivity index (χ2n) is 4.54. The molecule has 1 saturated heterocycles. The van der Waals surface area contributed by atoms with Crippen molar-refractivity contribution in [1.82, 2.24) is 5.32 Å². The maximum absolute atomic E-state index is 13.0. The SMILES string of the molecule is FC1(F)C2CC3CNCC3CC21. The summed E-state index contributed by atoms with van der Waals surface area (Å²) >= 11 is 0. The molecule has 4 unspecified atom stereocenters. The summed E-state index contributed by atoms with van der Waals surface area (Å²) in [5.41, 5.74) is 0. The van der Waals surface area contributed by atoms with Gasteiger partial charge in [-0.05, 0) is 37.8 Å². The van der Waals surface area contributed by atoms with Crippen molar-refractivity contribution in [2.45, 2.75) is 18.8 Å². The molecular weight excluding hydrogens is 160 g/mol. The molecule has 3 fully saturated rings. The Morgan fingerprint density at radius 3 is 2.00 bits per heavy atom. The summed E-state index contributed by atoms with van der Waals surface area (Å²) in [5.74, 6) is -1.68. The molecule has 12 heavy (non-hydrogen) atoms. The first-order valence-electron chi connectivity index (χ1n) is 4.78. The van der Waals surface area contributed by atoms with Gasteiger partial charge < -0.3 is 5.32 Å². The molecule has 0 aromatic heterocycles. The highest BCUT2D eigenvalue weighted by Crippen LogP contribution is 2.64. The van der Waals surface area contributed by atoms with Crippen molar-refractivity contribution in [2.24, 2.45) is 23.7 Å². The zero-order chi connectivity index (χ0) is 8.34. The van der Waals surface area contributed by atoms with Crippen LogP contribution in [0, 0.1) is 23.7 Å². The molecule has 0 bridgehead atoms. The van der Waals surface area contributed by atoms with Gasteiger partial charge in [0.2, 0.25) is 0 Å². The average molecular weight is 173 g/mol. The molecule has 3 heteroatoms. The number of halogens is 2. The molecule has 0 spiro atoms. The Kier molecular flexibility index (Phi) is 1.21. The van der Waals surface area contributed by atoms with Crippen molar-refractivity contribution in [2.75, 3.05) is 13.1 Å². The van der Waals surface area contributed by atoms with E-state index in [9.17, 15) is 8.78 Å². The summed E-state index contributed by atoms with van der Waals surface area (Å²) in [4.78, 5) is 0. The van der Waals surface area contributed by atoms with Gasteiger partial charge in [-0.25, -0.2) is 8.78 Å². The summed E-state index contributed by atoms with van der Waals surface area (Å²) in [6, 6.07) is 0. The van der Waals surface area contributed by atoms with E-state index in [-0.39, 0.29) is 11.8 Å². The summed E-state index contributed by atoms with van der Waals surface area (Å²) in [7, 11) is 0. The zero-order valence-electron chi connectivity index (χ0n) is 6.89. The number of hydrogen-bond donors (Lipinski definition) is 1. The van der Waals surface area contributed by atoms with Crippen molar-refractivity contribution in [3.05, 3.63) is 0 Å². The van der Waals surface area contributed by atoms with Crippen LogP contribution in [0.2, 0.25) is 0 Å². The Balaban J connectivity index is 1.78. The first-order valence-corrected chi connectivity index (χ1v) is 4.78. The normalized spacial score (nSPS) is 54.5. The summed E-state index contributed by atoms with van der Waals surface area (Å²) < 4.78 is 26.0. The van der Waals surface area contributed by atoms with E-state index in [1.807, 2.05) is 0 Å². The Labute approximate surface area is 70.5 Å². The fourth-order valence-electron chi connectivity index (χ4n) is 3.09. The minimum Gasteiger partial charge on any atom is -0.316 e. The van der Waals surface area contributed by atoms with Crippen molar-refractivity contribution in [1.29, 1.82) is 0 Å². The zero-order valence-corrected chi connectivity index (χ0v) is 6.89. The second-order valence-corrected chi connectivity index (χ2v) is 4.54. The standard InChI is InChI=1S/C9H13F2N/c10-9(11)7-1-5-3-12-4-6(5)2-8(7)9/h5-8,12H,1-4H2. The Morgan fingerprint density at radius 2 is 1.50 bits per heavy atom. The van der Waals surface area contributed by atoms with E-state index in [4.69, 9.17) is 0 Å². The van der Waals surface area contributed by atoms with Crippen LogP contribution in [0.1, 0.15) is 12.8 Å². The van der Waals surface area contributed by atoms with Crippen LogP contribution in [0.4, 0.5) is 8.78 Å². The number of nitrogens with one attached hydrogen (secondary N) is 1. The van der Waals surface area contributed by atoms with Gasteiger partial charge in [0.15, 0.2) is 0 Å². The lowest BCUT2D eigenvalue weighted by Crippen LogP contribution is -2.18. The van der Waals surface area contributed by atoms with Crippen LogP contribution in [0.3, 0.4) is 0 Å². The first kappa shape index (κ1) is 7.25. The van der Waals surface area contributed by atoms with Gasteiger partial charge >= 0.3 is 0 Å². The van der Waals surface area contributed by atoms with E-state index in [2.05, 4.69) is 5.32 Å². The van der Waals surface area contributed by atoms with Gasteiger partial charge in [0, 0.05) is 11.8 Å². The third-order valence-electron chi connectivity index (χ3n) is 3.96. The molecule has 1 heterocycles. The minimum atomic E-state index is -2.29. The van der Waals surface area contributed by atoms with Gasteiger partial charge in [0.25, 0.3) is 5.92 Å². The van der Waals surface area contributed by atoms with Crippen LogP contribution in [0.25, 0.3) is 0 Å². The van der Waals surface area contributed by atoms with Gasteiger partial charge in [-0.15, -0.1) is 0 Å². The molecule has 0 amide bonds. The minimum absolute atomic E-state index is 0.251. The molecule has 0 radical (unpaired) electrons. The van der Waals surface area contributed by atoms with E-state index in [1.54, 1.807) is 0 Å². The van der Waals surface area contributed by atoms with Crippen molar-refractivity contribution < 1.29 is 8.78 Å². The number of fused-ring (bicyclic) bond motifs is 2. The van der Waals surface area contributed by atoms with Crippen LogP contribution < -0.4 is 5.32 Å². The number of rotatable bonds is 0. The van der Waals surface area contributed by atoms with Gasteiger partial charge in [0.1, 0.15) is 0 Å². The molecule has 0 aromatic carbocycles. The van der Waals surface area contributed by atoms with E-state index >= 15 is 0 Å². The largest absolute Gasteiger partial charge is 0.316 e. The third kappa shape index (κ3) is 0.754. The summed E-state index contributed by atoms with van der Waals surface area (Å²) in [6.45, 7) is 1.95. The maximum atomic E-state index is 13.0. The van der Waals surface area contributed by atoms with Crippen molar-refractivity contribution in [3.63, 3.8) is 0 Å². The van der Waals surface area contributed by atoms with Crippen LogP contribution in [-0.2, 0) is 0 Å². The highest BCUT2D eigenvalue weighted by Gasteiger charge is 2.70. The van der Waals surface area contributed by atoms with Gasteiger partial charge in [-0.3, -0.25) is 0 Å². The van der Waals surface area contributed by atoms with Crippen LogP contribution >= 0.6 is 0 Å². The third-order valence-corrected chi connectivity index (χ3v) is 3.96. The molecule has 1 nitrogen and oxygen atoms in total. The Hall–Kier alpha value is -0.180. The molecule has 4 atom stereocenters. The van der Waals surface area contributed by atoms with Crippen LogP contribution in [0.5, 0.6) is 0 Å². The topological polar surface area (TPSA) is 12.0 Å². The van der Waals surface area contributed by atoms with Gasteiger partial charge in [-0.2, -0.15) is 0 Å². The smallest absolute Gasteiger partial charge is 0.254 e. The second kappa shape index (κ2) is 2.00. The fraction of sp³-hybridized carbons (Fsp3) is 1.00. The monoisotopic (exact) mass is 173 g/mol. The molecule has 2 aliphatic carbocycles. The lowest BCUT2D eigenvalue weighted by Gasteiger charge is -2.21. The average Bonchev–Trinajstić information content (AvgIpc) is 2.50. The van der Waals surface area contributed by atoms with Crippen LogP contribution in [0.15, 0.2) is 0 Å². The highest BCUT2D eigenvalue weighted by molar-refractivity contribution is 5.11.